The Kier molecular flexibility index (Phi) is 6.49. The number of nitrogens with one attached hydrogen (secondary N) is 1. The fraction of sp³-hybridized carbons (Fsp3) is 0.333. The van der Waals surface area contributed by atoms with Gasteiger partial charge in [-0.15, -0.1) is 35.3 Å². The van der Waals surface area contributed by atoms with Gasteiger partial charge in [-0.25, -0.2) is 9.98 Å². The van der Waals surface area contributed by atoms with Crippen molar-refractivity contribution in [3.05, 3.63) is 39.3 Å². The van der Waals surface area contributed by atoms with Crippen LogP contribution in [0.25, 0.3) is 0 Å². The van der Waals surface area contributed by atoms with Gasteiger partial charge in [-0.2, -0.15) is 0 Å². The molecule has 3 N–H and O–H groups in total. The van der Waals surface area contributed by atoms with Crippen LogP contribution in [-0.4, -0.2) is 18.1 Å². The first-order valence-electron chi connectivity index (χ1n) is 7.00. The van der Waals surface area contributed by atoms with Gasteiger partial charge < -0.3 is 15.8 Å². The number of hydrogen-bond donors (Lipinski definition) is 2. The summed E-state index contributed by atoms with van der Waals surface area (Å²) in [6.45, 7) is 0.486. The Hall–Kier alpha value is -1.06. The van der Waals surface area contributed by atoms with Gasteiger partial charge in [0, 0.05) is 17.0 Å². The number of hydrogen-bond acceptors (Lipinski definition) is 4. The summed E-state index contributed by atoms with van der Waals surface area (Å²) in [5, 5.41) is 6.64. The highest BCUT2D eigenvalue weighted by atomic mass is 127. The maximum atomic E-state index is 6.07. The molecule has 1 saturated carbocycles. The zero-order valence-electron chi connectivity index (χ0n) is 12.6. The molecule has 0 spiro atoms. The van der Waals surface area contributed by atoms with Gasteiger partial charge in [0.15, 0.2) is 5.96 Å². The van der Waals surface area contributed by atoms with Crippen molar-refractivity contribution in [1.82, 2.24) is 4.98 Å². The first-order valence-corrected chi connectivity index (χ1v) is 8.26. The second kappa shape index (κ2) is 8.16. The third kappa shape index (κ3) is 4.95. The quantitative estimate of drug-likeness (QED) is 0.395. The highest BCUT2D eigenvalue weighted by Gasteiger charge is 2.25. The molecule has 0 aliphatic heterocycles. The van der Waals surface area contributed by atoms with Gasteiger partial charge in [-0.1, -0.05) is 11.6 Å². The average molecular weight is 465 g/mol. The largest absolute Gasteiger partial charge is 0.495 e. The lowest BCUT2D eigenvalue weighted by Gasteiger charge is -2.08. The fourth-order valence-electron chi connectivity index (χ4n) is 2.05. The average Bonchev–Trinajstić information content (AvgIpc) is 3.24. The number of aliphatic imine (C=N–C) groups is 1. The van der Waals surface area contributed by atoms with Crippen LogP contribution in [0.5, 0.6) is 5.75 Å². The van der Waals surface area contributed by atoms with Crippen molar-refractivity contribution in [1.29, 1.82) is 0 Å². The van der Waals surface area contributed by atoms with Crippen LogP contribution in [0, 0.1) is 0 Å². The lowest BCUT2D eigenvalue weighted by molar-refractivity contribution is 0.415. The summed E-state index contributed by atoms with van der Waals surface area (Å²) >= 11 is 7.70. The Morgan fingerprint density at radius 1 is 1.52 bits per heavy atom. The Balaban J connectivity index is 0.00000192. The molecule has 1 heterocycles. The molecule has 1 aromatic carbocycles. The number of halogens is 2. The topological polar surface area (TPSA) is 72.5 Å². The molecule has 0 unspecified atom stereocenters. The lowest BCUT2D eigenvalue weighted by Crippen LogP contribution is -2.22. The van der Waals surface area contributed by atoms with Crippen LogP contribution in [-0.2, 0) is 6.54 Å². The molecule has 5 nitrogen and oxygen atoms in total. The van der Waals surface area contributed by atoms with Crippen molar-refractivity contribution < 1.29 is 4.74 Å². The van der Waals surface area contributed by atoms with Crippen LogP contribution < -0.4 is 15.8 Å². The number of anilines is 1. The van der Waals surface area contributed by atoms with Crippen molar-refractivity contribution in [2.45, 2.75) is 25.3 Å². The molecule has 3 rings (SSSR count). The summed E-state index contributed by atoms with van der Waals surface area (Å²) < 4.78 is 5.11. The second-order valence-electron chi connectivity index (χ2n) is 5.12. The summed E-state index contributed by atoms with van der Waals surface area (Å²) in [5.41, 5.74) is 7.86. The lowest BCUT2D eigenvalue weighted by atomic mass is 10.3. The molecule has 8 heteroatoms. The summed E-state index contributed by atoms with van der Waals surface area (Å²) in [7, 11) is 1.58. The highest BCUT2D eigenvalue weighted by molar-refractivity contribution is 14.0. The molecule has 1 aliphatic carbocycles. The monoisotopic (exact) mass is 464 g/mol. The molecule has 1 fully saturated rings. The number of nitrogens with zero attached hydrogens (tertiary/aromatic N) is 2. The normalized spacial score (nSPS) is 14.3. The number of nitrogens with two attached hydrogens (primary N) is 1. The molecule has 0 saturated heterocycles. The maximum absolute atomic E-state index is 6.07. The van der Waals surface area contributed by atoms with E-state index in [2.05, 4.69) is 20.7 Å². The predicted molar refractivity (Wildman–Crippen MR) is 106 cm³/mol. The number of rotatable bonds is 5. The van der Waals surface area contributed by atoms with Crippen molar-refractivity contribution in [2.75, 3.05) is 12.4 Å². The Labute approximate surface area is 161 Å². The number of aromatic nitrogens is 1. The molecule has 0 radical (unpaired) electrons. The summed E-state index contributed by atoms with van der Waals surface area (Å²) in [5.74, 6) is 1.63. The standard InChI is InChI=1S/C15H17ClN4OS.HI/c1-21-13-5-4-10(6-11(13)16)19-15(17)18-7-14-20-12(8-22-14)9-2-3-9;/h4-6,8-9H,2-3,7H2,1H3,(H3,17,18,19);1H. The molecule has 0 atom stereocenters. The van der Waals surface area contributed by atoms with Crippen molar-refractivity contribution in [2.24, 2.45) is 10.7 Å². The van der Waals surface area contributed by atoms with E-state index in [1.54, 1.807) is 30.6 Å². The highest BCUT2D eigenvalue weighted by Crippen LogP contribution is 2.40. The van der Waals surface area contributed by atoms with E-state index in [0.29, 0.717) is 29.2 Å². The molecular formula is C15H18ClIN4OS. The fourth-order valence-corrected chi connectivity index (χ4v) is 3.11. The van der Waals surface area contributed by atoms with Crippen LogP contribution in [0.1, 0.15) is 29.5 Å². The first-order chi connectivity index (χ1) is 10.7. The van der Waals surface area contributed by atoms with Gasteiger partial charge in [0.05, 0.1) is 24.4 Å². The smallest absolute Gasteiger partial charge is 0.193 e. The molecular weight excluding hydrogens is 447 g/mol. The van der Waals surface area contributed by atoms with Gasteiger partial charge in [0.25, 0.3) is 0 Å². The van der Waals surface area contributed by atoms with Crippen molar-refractivity contribution in [3.8, 4) is 5.75 Å². The van der Waals surface area contributed by atoms with E-state index in [1.807, 2.05) is 6.07 Å². The van der Waals surface area contributed by atoms with E-state index in [-0.39, 0.29) is 24.0 Å². The van der Waals surface area contributed by atoms with Gasteiger partial charge in [-0.3, -0.25) is 0 Å². The van der Waals surface area contributed by atoms with Crippen LogP contribution >= 0.6 is 46.9 Å². The van der Waals surface area contributed by atoms with Gasteiger partial charge in [0.1, 0.15) is 10.8 Å². The number of methoxy groups -OCH3 is 1. The van der Waals surface area contributed by atoms with Crippen LogP contribution in [0.3, 0.4) is 0 Å². The van der Waals surface area contributed by atoms with Crippen LogP contribution in [0.2, 0.25) is 5.02 Å². The number of ether oxygens (including phenoxy) is 1. The minimum Gasteiger partial charge on any atom is -0.495 e. The van der Waals surface area contributed by atoms with E-state index in [9.17, 15) is 0 Å². The molecule has 23 heavy (non-hydrogen) atoms. The van der Waals surface area contributed by atoms with Crippen molar-refractivity contribution >= 4 is 58.6 Å². The third-order valence-corrected chi connectivity index (χ3v) is 4.52. The van der Waals surface area contributed by atoms with Crippen LogP contribution in [0.4, 0.5) is 5.69 Å². The molecule has 124 valence electrons. The molecule has 1 aliphatic rings. The Bertz CT molecular complexity index is 703. The summed E-state index contributed by atoms with van der Waals surface area (Å²) in [6.07, 6.45) is 2.52. The molecule has 1 aromatic heterocycles. The molecule has 0 amide bonds. The predicted octanol–water partition coefficient (Wildman–Crippen LogP) is 4.23. The van der Waals surface area contributed by atoms with E-state index in [4.69, 9.17) is 22.1 Å². The minimum absolute atomic E-state index is 0. The maximum Gasteiger partial charge on any atom is 0.193 e. The van der Waals surface area contributed by atoms with Gasteiger partial charge >= 0.3 is 0 Å². The zero-order chi connectivity index (χ0) is 15.5. The van der Waals surface area contributed by atoms with E-state index in [0.717, 1.165) is 10.7 Å². The number of thiazole rings is 1. The van der Waals surface area contributed by atoms with Gasteiger partial charge in [0.2, 0.25) is 0 Å². The molecule has 0 bridgehead atoms. The summed E-state index contributed by atoms with van der Waals surface area (Å²) in [6, 6.07) is 5.36. The molecule has 2 aromatic rings. The Morgan fingerprint density at radius 3 is 2.96 bits per heavy atom. The zero-order valence-corrected chi connectivity index (χ0v) is 16.5. The van der Waals surface area contributed by atoms with Crippen LogP contribution in [0.15, 0.2) is 28.6 Å². The SMILES string of the molecule is COc1ccc(NC(N)=NCc2nc(C3CC3)cs2)cc1Cl.I. The number of guanidine groups is 1. The first kappa shape index (κ1) is 18.3. The number of benzene rings is 1. The Morgan fingerprint density at radius 2 is 2.30 bits per heavy atom. The van der Waals surface area contributed by atoms with E-state index >= 15 is 0 Å². The minimum atomic E-state index is 0. The van der Waals surface area contributed by atoms with E-state index < -0.39 is 0 Å². The summed E-state index contributed by atoms with van der Waals surface area (Å²) in [4.78, 5) is 8.89. The second-order valence-corrected chi connectivity index (χ2v) is 6.47. The van der Waals surface area contributed by atoms with E-state index in [1.165, 1.54) is 18.5 Å². The van der Waals surface area contributed by atoms with Gasteiger partial charge in [-0.05, 0) is 31.0 Å². The van der Waals surface area contributed by atoms with Crippen molar-refractivity contribution in [3.63, 3.8) is 0 Å². The third-order valence-electron chi connectivity index (χ3n) is 3.37.